The lowest BCUT2D eigenvalue weighted by atomic mass is 9.91. The number of benzene rings is 2. The molecule has 0 saturated carbocycles. The standard InChI is InChI=1S/C19H18FNO6/c1-19(18(23)24,12-3-5-13(20)6-4-12)21-17(22)11-9-14(25-2)16-15(10-11)26-7-8-27-16/h3-6,9-10H,7-8H2,1-2H3,(H,21,22)(H,23,24). The number of carboxylic acids is 1. The zero-order valence-corrected chi connectivity index (χ0v) is 14.7. The second-order valence-electron chi connectivity index (χ2n) is 6.09. The summed E-state index contributed by atoms with van der Waals surface area (Å²) in [4.78, 5) is 24.6. The largest absolute Gasteiger partial charge is 0.493 e. The van der Waals surface area contributed by atoms with Crippen molar-refractivity contribution in [2.75, 3.05) is 20.3 Å². The lowest BCUT2D eigenvalue weighted by molar-refractivity contribution is -0.144. The summed E-state index contributed by atoms with van der Waals surface area (Å²) in [6.07, 6.45) is 0. The van der Waals surface area contributed by atoms with Crippen molar-refractivity contribution in [3.8, 4) is 17.2 Å². The minimum atomic E-state index is -1.76. The van der Waals surface area contributed by atoms with Crippen LogP contribution in [0.25, 0.3) is 0 Å². The van der Waals surface area contributed by atoms with Gasteiger partial charge in [0.15, 0.2) is 17.0 Å². The Bertz CT molecular complexity index is 865. The molecule has 0 aromatic heterocycles. The van der Waals surface area contributed by atoms with Crippen LogP contribution in [-0.4, -0.2) is 37.3 Å². The number of carboxylic acid groups (broad SMARTS) is 1. The van der Waals surface area contributed by atoms with Gasteiger partial charge >= 0.3 is 5.97 Å². The highest BCUT2D eigenvalue weighted by Gasteiger charge is 2.37. The number of nitrogens with one attached hydrogen (secondary N) is 1. The van der Waals surface area contributed by atoms with Gasteiger partial charge in [0.25, 0.3) is 5.91 Å². The highest BCUT2D eigenvalue weighted by molar-refractivity contribution is 5.99. The Kier molecular flexibility index (Phi) is 4.89. The molecule has 0 radical (unpaired) electrons. The van der Waals surface area contributed by atoms with Gasteiger partial charge in [-0.3, -0.25) is 4.79 Å². The summed E-state index contributed by atoms with van der Waals surface area (Å²) in [6, 6.07) is 7.79. The Labute approximate surface area is 154 Å². The van der Waals surface area contributed by atoms with E-state index < -0.39 is 23.2 Å². The third-order valence-electron chi connectivity index (χ3n) is 4.30. The maximum atomic E-state index is 13.2. The molecule has 2 aromatic carbocycles. The molecular formula is C19H18FNO6. The maximum Gasteiger partial charge on any atom is 0.333 e. The van der Waals surface area contributed by atoms with Crippen LogP contribution in [0.5, 0.6) is 17.2 Å². The molecule has 1 amide bonds. The van der Waals surface area contributed by atoms with Crippen LogP contribution in [-0.2, 0) is 10.3 Å². The molecule has 2 N–H and O–H groups in total. The Hall–Kier alpha value is -3.29. The normalized spacial score (nSPS) is 14.8. The van der Waals surface area contributed by atoms with E-state index in [1.165, 1.54) is 38.3 Å². The Balaban J connectivity index is 1.95. The van der Waals surface area contributed by atoms with Crippen LogP contribution < -0.4 is 19.5 Å². The SMILES string of the molecule is COc1cc(C(=O)NC(C)(C(=O)O)c2ccc(F)cc2)cc2c1OCCO2. The zero-order chi connectivity index (χ0) is 19.6. The zero-order valence-electron chi connectivity index (χ0n) is 14.7. The number of aliphatic carboxylic acids is 1. The molecule has 1 aliphatic rings. The summed E-state index contributed by atoms with van der Waals surface area (Å²) in [5, 5.41) is 12.2. The molecule has 0 saturated heterocycles. The van der Waals surface area contributed by atoms with Gasteiger partial charge in [0.05, 0.1) is 7.11 Å². The smallest absolute Gasteiger partial charge is 0.333 e. The van der Waals surface area contributed by atoms with Crippen LogP contribution in [0.3, 0.4) is 0 Å². The number of rotatable bonds is 5. The first kappa shape index (κ1) is 18.5. The minimum Gasteiger partial charge on any atom is -0.493 e. The molecular weight excluding hydrogens is 357 g/mol. The number of amides is 1. The van der Waals surface area contributed by atoms with E-state index in [1.807, 2.05) is 0 Å². The first-order valence-electron chi connectivity index (χ1n) is 8.14. The molecule has 1 aliphatic heterocycles. The number of carbonyl (C=O) groups is 2. The first-order valence-corrected chi connectivity index (χ1v) is 8.14. The molecule has 1 heterocycles. The number of carbonyl (C=O) groups excluding carboxylic acids is 1. The number of fused-ring (bicyclic) bond motifs is 1. The van der Waals surface area contributed by atoms with Gasteiger partial charge < -0.3 is 24.6 Å². The van der Waals surface area contributed by atoms with Crippen LogP contribution in [0.15, 0.2) is 36.4 Å². The van der Waals surface area contributed by atoms with Gasteiger partial charge in [-0.15, -0.1) is 0 Å². The van der Waals surface area contributed by atoms with Crippen LogP contribution in [0.2, 0.25) is 0 Å². The number of hydrogen-bond acceptors (Lipinski definition) is 5. The molecule has 7 nitrogen and oxygen atoms in total. The number of methoxy groups -OCH3 is 1. The van der Waals surface area contributed by atoms with E-state index in [1.54, 1.807) is 0 Å². The van der Waals surface area contributed by atoms with E-state index >= 15 is 0 Å². The van der Waals surface area contributed by atoms with Crippen molar-refractivity contribution in [1.82, 2.24) is 5.32 Å². The van der Waals surface area contributed by atoms with Crippen LogP contribution in [0.4, 0.5) is 4.39 Å². The van der Waals surface area contributed by atoms with Crippen LogP contribution >= 0.6 is 0 Å². The molecule has 0 fully saturated rings. The molecule has 0 aliphatic carbocycles. The lowest BCUT2D eigenvalue weighted by Crippen LogP contribution is -2.49. The van der Waals surface area contributed by atoms with Gasteiger partial charge in [0.2, 0.25) is 5.75 Å². The van der Waals surface area contributed by atoms with Crippen molar-refractivity contribution in [2.24, 2.45) is 0 Å². The van der Waals surface area contributed by atoms with Gasteiger partial charge in [-0.25, -0.2) is 9.18 Å². The van der Waals surface area contributed by atoms with Crippen LogP contribution in [0.1, 0.15) is 22.8 Å². The van der Waals surface area contributed by atoms with Crippen molar-refractivity contribution < 1.29 is 33.3 Å². The third-order valence-corrected chi connectivity index (χ3v) is 4.30. The molecule has 3 rings (SSSR count). The van der Waals surface area contributed by atoms with Gasteiger partial charge in [-0.2, -0.15) is 0 Å². The Morgan fingerprint density at radius 2 is 1.85 bits per heavy atom. The predicted octanol–water partition coefficient (Wildman–Crippen LogP) is 2.34. The van der Waals surface area contributed by atoms with Crippen molar-refractivity contribution in [1.29, 1.82) is 0 Å². The summed E-state index contributed by atoms with van der Waals surface area (Å²) in [5.74, 6) is -1.42. The molecule has 27 heavy (non-hydrogen) atoms. The second-order valence-corrected chi connectivity index (χ2v) is 6.09. The summed E-state index contributed by atoms with van der Waals surface area (Å²) in [5.41, 5.74) is -1.38. The second kappa shape index (κ2) is 7.14. The molecule has 1 atom stereocenters. The first-order chi connectivity index (χ1) is 12.8. The molecule has 0 bridgehead atoms. The van der Waals surface area contributed by atoms with E-state index in [2.05, 4.69) is 5.32 Å². The molecule has 0 spiro atoms. The lowest BCUT2D eigenvalue weighted by Gasteiger charge is -2.27. The highest BCUT2D eigenvalue weighted by atomic mass is 19.1. The third kappa shape index (κ3) is 3.51. The molecule has 2 aromatic rings. The number of ether oxygens (including phenoxy) is 3. The van der Waals surface area contributed by atoms with Crippen LogP contribution in [0, 0.1) is 5.82 Å². The average molecular weight is 375 g/mol. The summed E-state index contributed by atoms with van der Waals surface area (Å²) in [7, 11) is 1.43. The minimum absolute atomic E-state index is 0.144. The summed E-state index contributed by atoms with van der Waals surface area (Å²) < 4.78 is 29.4. The van der Waals surface area contributed by atoms with Crippen molar-refractivity contribution in [2.45, 2.75) is 12.5 Å². The summed E-state index contributed by atoms with van der Waals surface area (Å²) >= 11 is 0. The van der Waals surface area contributed by atoms with E-state index in [4.69, 9.17) is 14.2 Å². The van der Waals surface area contributed by atoms with Crippen molar-refractivity contribution >= 4 is 11.9 Å². The fraction of sp³-hybridized carbons (Fsp3) is 0.263. The quantitative estimate of drug-likeness (QED) is 0.833. The highest BCUT2D eigenvalue weighted by Crippen LogP contribution is 2.40. The molecule has 8 heteroatoms. The summed E-state index contributed by atoms with van der Waals surface area (Å²) in [6.45, 7) is 2.01. The van der Waals surface area contributed by atoms with E-state index in [0.29, 0.717) is 30.5 Å². The van der Waals surface area contributed by atoms with Gasteiger partial charge in [-0.05, 0) is 36.8 Å². The van der Waals surface area contributed by atoms with E-state index in [0.717, 1.165) is 12.1 Å². The van der Waals surface area contributed by atoms with Gasteiger partial charge in [0, 0.05) is 5.56 Å². The van der Waals surface area contributed by atoms with Crippen molar-refractivity contribution in [3.63, 3.8) is 0 Å². The van der Waals surface area contributed by atoms with Gasteiger partial charge in [-0.1, -0.05) is 12.1 Å². The topological polar surface area (TPSA) is 94.1 Å². The van der Waals surface area contributed by atoms with E-state index in [-0.39, 0.29) is 11.1 Å². The average Bonchev–Trinajstić information content (AvgIpc) is 2.67. The van der Waals surface area contributed by atoms with Gasteiger partial charge in [0.1, 0.15) is 19.0 Å². The molecule has 1 unspecified atom stereocenters. The monoisotopic (exact) mass is 375 g/mol. The molecule has 142 valence electrons. The fourth-order valence-corrected chi connectivity index (χ4v) is 2.74. The number of hydrogen-bond donors (Lipinski definition) is 2. The fourth-order valence-electron chi connectivity index (χ4n) is 2.74. The Morgan fingerprint density at radius 3 is 2.48 bits per heavy atom. The Morgan fingerprint density at radius 1 is 1.19 bits per heavy atom. The number of halogens is 1. The van der Waals surface area contributed by atoms with Crippen molar-refractivity contribution in [3.05, 3.63) is 53.3 Å². The maximum absolute atomic E-state index is 13.2. The van der Waals surface area contributed by atoms with E-state index in [9.17, 15) is 19.1 Å². The predicted molar refractivity (Wildman–Crippen MR) is 92.8 cm³/mol.